The molecule has 0 radical (unpaired) electrons. The van der Waals surface area contributed by atoms with Crippen molar-refractivity contribution in [3.8, 4) is 0 Å². The highest BCUT2D eigenvalue weighted by atomic mass is 79.9. The van der Waals surface area contributed by atoms with Gasteiger partial charge in [-0.1, -0.05) is 44.7 Å². The average Bonchev–Trinajstić information content (AvgIpc) is 2.43. The number of aromatic nitrogens is 1. The number of aryl methyl sites for hydroxylation is 1. The number of hydrogen-bond donors (Lipinski definition) is 0. The molecule has 1 heterocycles. The van der Waals surface area contributed by atoms with E-state index in [1.165, 1.54) is 49.4 Å². The van der Waals surface area contributed by atoms with Crippen molar-refractivity contribution in [2.75, 3.05) is 0 Å². The number of rotatable bonds is 7. The van der Waals surface area contributed by atoms with Crippen LogP contribution in [0.3, 0.4) is 0 Å². The number of para-hydroxylation sites is 1. The van der Waals surface area contributed by atoms with Gasteiger partial charge in [0.25, 0.3) is 0 Å². The van der Waals surface area contributed by atoms with Gasteiger partial charge in [0.15, 0.2) is 6.20 Å². The Kier molecular flexibility index (Phi) is 7.73. The van der Waals surface area contributed by atoms with Crippen LogP contribution >= 0.6 is 0 Å². The zero-order valence-electron chi connectivity index (χ0n) is 11.8. The van der Waals surface area contributed by atoms with E-state index in [0.717, 1.165) is 6.54 Å². The van der Waals surface area contributed by atoms with E-state index in [1.54, 1.807) is 0 Å². The number of pyridine rings is 1. The maximum Gasteiger partial charge on any atom is 0.212 e. The van der Waals surface area contributed by atoms with Crippen LogP contribution < -0.4 is 21.5 Å². The Morgan fingerprint density at radius 1 is 0.842 bits per heavy atom. The van der Waals surface area contributed by atoms with Crippen LogP contribution in [0.2, 0.25) is 0 Å². The van der Waals surface area contributed by atoms with E-state index < -0.39 is 0 Å². The van der Waals surface area contributed by atoms with Crippen molar-refractivity contribution in [1.82, 2.24) is 0 Å². The standard InChI is InChI=1S/C17H24N.BrH/c1-2-3-4-5-6-9-14-18-15-10-12-16-11-7-8-13-17(16)18;/h7-8,10-13,15H,2-6,9,14H2,1H3;1H/q+1;/p-1. The predicted molar refractivity (Wildman–Crippen MR) is 77.5 cm³/mol. The molecule has 2 heteroatoms. The van der Waals surface area contributed by atoms with Gasteiger partial charge in [0, 0.05) is 23.9 Å². The third-order valence-electron chi connectivity index (χ3n) is 3.54. The van der Waals surface area contributed by atoms with Crippen molar-refractivity contribution >= 4 is 10.9 Å². The molecule has 0 atom stereocenters. The number of nitrogens with zero attached hydrogens (tertiary/aromatic N) is 1. The summed E-state index contributed by atoms with van der Waals surface area (Å²) in [4.78, 5) is 0. The normalized spacial score (nSPS) is 10.4. The minimum atomic E-state index is 0. The van der Waals surface area contributed by atoms with E-state index in [1.807, 2.05) is 0 Å². The molecule has 0 bridgehead atoms. The molecule has 0 N–H and O–H groups in total. The van der Waals surface area contributed by atoms with E-state index in [-0.39, 0.29) is 17.0 Å². The summed E-state index contributed by atoms with van der Waals surface area (Å²) >= 11 is 0. The number of hydrogen-bond acceptors (Lipinski definition) is 0. The first kappa shape index (κ1) is 16.2. The second kappa shape index (κ2) is 9.08. The first-order valence-electron chi connectivity index (χ1n) is 7.29. The van der Waals surface area contributed by atoms with Gasteiger partial charge in [-0.05, 0) is 18.6 Å². The van der Waals surface area contributed by atoms with Gasteiger partial charge in [-0.3, -0.25) is 0 Å². The summed E-state index contributed by atoms with van der Waals surface area (Å²) in [6.45, 7) is 3.42. The van der Waals surface area contributed by atoms with Gasteiger partial charge in [0.05, 0.1) is 0 Å². The molecule has 19 heavy (non-hydrogen) atoms. The lowest BCUT2D eigenvalue weighted by Crippen LogP contribution is -3.00. The number of benzene rings is 1. The highest BCUT2D eigenvalue weighted by Crippen LogP contribution is 2.09. The van der Waals surface area contributed by atoms with Crippen molar-refractivity contribution in [3.05, 3.63) is 42.6 Å². The van der Waals surface area contributed by atoms with Crippen LogP contribution in [0.4, 0.5) is 0 Å². The average molecular weight is 322 g/mol. The summed E-state index contributed by atoms with van der Waals surface area (Å²) in [6.07, 6.45) is 10.4. The van der Waals surface area contributed by atoms with E-state index in [4.69, 9.17) is 0 Å². The Labute approximate surface area is 127 Å². The first-order chi connectivity index (χ1) is 8.92. The van der Waals surface area contributed by atoms with Gasteiger partial charge in [0.2, 0.25) is 5.52 Å². The highest BCUT2D eigenvalue weighted by molar-refractivity contribution is 5.74. The molecular weight excluding hydrogens is 298 g/mol. The van der Waals surface area contributed by atoms with Crippen molar-refractivity contribution in [3.63, 3.8) is 0 Å². The summed E-state index contributed by atoms with van der Waals surface area (Å²) in [5.74, 6) is 0. The molecule has 0 saturated carbocycles. The molecule has 0 saturated heterocycles. The van der Waals surface area contributed by atoms with E-state index in [2.05, 4.69) is 54.1 Å². The molecule has 0 fully saturated rings. The number of halogens is 1. The van der Waals surface area contributed by atoms with Crippen molar-refractivity contribution < 1.29 is 21.5 Å². The summed E-state index contributed by atoms with van der Waals surface area (Å²) in [7, 11) is 0. The molecule has 1 aromatic carbocycles. The summed E-state index contributed by atoms with van der Waals surface area (Å²) < 4.78 is 2.38. The van der Waals surface area contributed by atoms with E-state index in [0.29, 0.717) is 0 Å². The maximum atomic E-state index is 2.38. The summed E-state index contributed by atoms with van der Waals surface area (Å²) in [6, 6.07) is 13.0. The molecule has 1 aromatic heterocycles. The maximum absolute atomic E-state index is 2.38. The van der Waals surface area contributed by atoms with Crippen molar-refractivity contribution in [2.45, 2.75) is 52.0 Å². The number of fused-ring (bicyclic) bond motifs is 1. The lowest BCUT2D eigenvalue weighted by molar-refractivity contribution is -0.671. The minimum Gasteiger partial charge on any atom is -1.00 e. The molecule has 2 rings (SSSR count). The Balaban J connectivity index is 0.00000180. The quantitative estimate of drug-likeness (QED) is 0.537. The smallest absolute Gasteiger partial charge is 0.212 e. The zero-order valence-corrected chi connectivity index (χ0v) is 13.4. The van der Waals surface area contributed by atoms with E-state index >= 15 is 0 Å². The molecule has 0 spiro atoms. The number of unbranched alkanes of at least 4 members (excludes halogenated alkanes) is 5. The largest absolute Gasteiger partial charge is 1.00 e. The third kappa shape index (κ3) is 4.94. The Hall–Kier alpha value is -0.890. The second-order valence-corrected chi connectivity index (χ2v) is 5.03. The van der Waals surface area contributed by atoms with Crippen LogP contribution in [-0.2, 0) is 6.54 Å². The Morgan fingerprint density at radius 2 is 1.53 bits per heavy atom. The Bertz CT molecular complexity index is 476. The van der Waals surface area contributed by atoms with Gasteiger partial charge >= 0.3 is 0 Å². The molecule has 0 amide bonds. The molecule has 0 unspecified atom stereocenters. The lowest BCUT2D eigenvalue weighted by atomic mass is 10.1. The van der Waals surface area contributed by atoms with Gasteiger partial charge in [0.1, 0.15) is 6.54 Å². The fourth-order valence-corrected chi connectivity index (χ4v) is 2.48. The van der Waals surface area contributed by atoms with Crippen LogP contribution in [0, 0.1) is 0 Å². The van der Waals surface area contributed by atoms with Crippen molar-refractivity contribution in [2.24, 2.45) is 0 Å². The summed E-state index contributed by atoms with van der Waals surface area (Å²) in [5.41, 5.74) is 1.36. The van der Waals surface area contributed by atoms with E-state index in [9.17, 15) is 0 Å². The first-order valence-corrected chi connectivity index (χ1v) is 7.29. The van der Waals surface area contributed by atoms with Crippen LogP contribution in [0.25, 0.3) is 10.9 Å². The van der Waals surface area contributed by atoms with Gasteiger partial charge in [-0.25, -0.2) is 0 Å². The van der Waals surface area contributed by atoms with Crippen molar-refractivity contribution in [1.29, 1.82) is 0 Å². The molecule has 0 aliphatic heterocycles. The van der Waals surface area contributed by atoms with Crippen LogP contribution in [0.15, 0.2) is 42.6 Å². The molecule has 0 aliphatic carbocycles. The minimum absolute atomic E-state index is 0. The monoisotopic (exact) mass is 321 g/mol. The second-order valence-electron chi connectivity index (χ2n) is 5.03. The third-order valence-corrected chi connectivity index (χ3v) is 3.54. The molecule has 104 valence electrons. The molecule has 1 nitrogen and oxygen atoms in total. The fourth-order valence-electron chi connectivity index (χ4n) is 2.48. The lowest BCUT2D eigenvalue weighted by Gasteiger charge is -2.01. The summed E-state index contributed by atoms with van der Waals surface area (Å²) in [5, 5.41) is 1.34. The van der Waals surface area contributed by atoms with Gasteiger partial charge in [-0.2, -0.15) is 4.57 Å². The predicted octanol–water partition coefficient (Wildman–Crippen LogP) is 1.49. The van der Waals surface area contributed by atoms with Gasteiger partial charge in [-0.15, -0.1) is 0 Å². The molecule has 0 aliphatic rings. The van der Waals surface area contributed by atoms with Crippen LogP contribution in [-0.4, -0.2) is 0 Å². The SMILES string of the molecule is CCCCCCCC[n+]1cccc2ccccc21.[Br-]. The topological polar surface area (TPSA) is 3.88 Å². The zero-order chi connectivity index (χ0) is 12.6. The van der Waals surface area contributed by atoms with Crippen LogP contribution in [0.5, 0.6) is 0 Å². The van der Waals surface area contributed by atoms with Crippen LogP contribution in [0.1, 0.15) is 45.4 Å². The van der Waals surface area contributed by atoms with Gasteiger partial charge < -0.3 is 17.0 Å². The fraction of sp³-hybridized carbons (Fsp3) is 0.471. The highest BCUT2D eigenvalue weighted by Gasteiger charge is 2.06. The molecular formula is C17H24BrN. The molecule has 2 aromatic rings. The Morgan fingerprint density at radius 3 is 2.37 bits per heavy atom.